The first-order valence-corrected chi connectivity index (χ1v) is 27.3. The highest BCUT2D eigenvalue weighted by atomic mass is 35.5. The van der Waals surface area contributed by atoms with E-state index in [4.69, 9.17) is 45.5 Å². The molecule has 0 amide bonds. The van der Waals surface area contributed by atoms with Crippen LogP contribution in [0.1, 0.15) is 48.2 Å². The standard InChI is InChI=1S/C30H29F2N5O2.C15H9ClF2N2.C15H21N3O2/c1-19-26(20-13-21(31)15-22(32)14-20)35-29-24(3-2-6-33-29)27(19)37-18-30(4-9-38-10-5-30)28-25(37)16-23(17-34-28)36-7-11-39-12-8-36;1-8-13(16)12-3-2-4-19-15(12)20-14(8)9-5-10(17)7-11(18)6-9;1-5-19-6-2-15(1)11-17-13-9-12(10-16-14(13)15)18-3-7-20-8-4-18/h2-3,6,13-17H,4-5,7-12,18H2,1H3;2-7H,1H3;9-10,17H,1-8,11H2. The Morgan fingerprint density at radius 3 is 1.59 bits per heavy atom. The summed E-state index contributed by atoms with van der Waals surface area (Å²) in [6, 6.07) is 18.8. The van der Waals surface area contributed by atoms with Gasteiger partial charge in [0, 0.05) is 123 Å². The SMILES string of the molecule is Cc1c(-c2cc(F)cc(F)c2)nc2ncccc2c1Cl.Cc1c(-c2cc(F)cc(F)c2)nc2ncccc2c1N1CC2(CCOCC2)c2ncc(N3CCOCC3)cc21.c1nc2c(cc1N1CCOCC1)NCC21CCOCC1. The molecular formula is C60H59ClF4N10O4. The van der Waals surface area contributed by atoms with E-state index in [9.17, 15) is 17.6 Å². The third-order valence-corrected chi connectivity index (χ3v) is 16.7. The quantitative estimate of drug-likeness (QED) is 0.164. The van der Waals surface area contributed by atoms with Gasteiger partial charge in [0.15, 0.2) is 11.3 Å². The van der Waals surface area contributed by atoms with Crippen LogP contribution in [0.2, 0.25) is 5.02 Å². The molecule has 8 aromatic rings. The minimum atomic E-state index is -0.654. The summed E-state index contributed by atoms with van der Waals surface area (Å²) >= 11 is 6.29. The highest BCUT2D eigenvalue weighted by Crippen LogP contribution is 2.52. The van der Waals surface area contributed by atoms with E-state index in [0.29, 0.717) is 76.2 Å². The Morgan fingerprint density at radius 1 is 0.544 bits per heavy atom. The van der Waals surface area contributed by atoms with Crippen LogP contribution in [0.25, 0.3) is 44.6 Å². The van der Waals surface area contributed by atoms with Crippen molar-refractivity contribution in [3.05, 3.63) is 148 Å². The number of rotatable bonds is 5. The van der Waals surface area contributed by atoms with Crippen LogP contribution in [0.15, 0.2) is 97.6 Å². The fraction of sp³-hybridized carbons (Fsp3) is 0.367. The zero-order valence-corrected chi connectivity index (χ0v) is 44.8. The number of morpholine rings is 2. The van der Waals surface area contributed by atoms with E-state index in [1.54, 1.807) is 31.5 Å². The van der Waals surface area contributed by atoms with Gasteiger partial charge in [0.2, 0.25) is 0 Å². The Morgan fingerprint density at radius 2 is 1.03 bits per heavy atom. The van der Waals surface area contributed by atoms with Crippen molar-refractivity contribution >= 4 is 62.1 Å². The van der Waals surface area contributed by atoms with Crippen molar-refractivity contribution in [3.8, 4) is 22.5 Å². The highest BCUT2D eigenvalue weighted by Gasteiger charge is 2.47. The third kappa shape index (κ3) is 10.4. The Hall–Kier alpha value is -7.09. The van der Waals surface area contributed by atoms with E-state index in [-0.39, 0.29) is 10.8 Å². The molecule has 4 saturated heterocycles. The molecule has 1 N–H and O–H groups in total. The van der Waals surface area contributed by atoms with Gasteiger partial charge < -0.3 is 39.0 Å². The maximum Gasteiger partial charge on any atom is 0.161 e. The van der Waals surface area contributed by atoms with Gasteiger partial charge in [0.05, 0.1) is 95.1 Å². The van der Waals surface area contributed by atoms with Gasteiger partial charge in [-0.2, -0.15) is 0 Å². The predicted molar refractivity (Wildman–Crippen MR) is 298 cm³/mol. The minimum Gasteiger partial charge on any atom is -0.383 e. The molecule has 408 valence electrons. The van der Waals surface area contributed by atoms with Crippen molar-refractivity contribution in [2.45, 2.75) is 50.4 Å². The Bertz CT molecular complexity index is 3530. The average Bonchev–Trinajstić information content (AvgIpc) is 4.22. The molecule has 6 aliphatic rings. The Labute approximate surface area is 460 Å². The van der Waals surface area contributed by atoms with Gasteiger partial charge in [-0.25, -0.2) is 37.5 Å². The van der Waals surface area contributed by atoms with Crippen molar-refractivity contribution < 1.29 is 36.5 Å². The Kier molecular flexibility index (Phi) is 14.8. The molecule has 79 heavy (non-hydrogen) atoms. The Balaban J connectivity index is 0.000000131. The number of pyridine rings is 6. The summed E-state index contributed by atoms with van der Waals surface area (Å²) in [6.07, 6.45) is 11.2. The second-order valence-electron chi connectivity index (χ2n) is 21.0. The predicted octanol–water partition coefficient (Wildman–Crippen LogP) is 11.2. The number of ether oxygens (including phenoxy) is 4. The van der Waals surface area contributed by atoms with Crippen LogP contribution >= 0.6 is 11.6 Å². The van der Waals surface area contributed by atoms with Gasteiger partial charge >= 0.3 is 0 Å². The van der Waals surface area contributed by atoms with Gasteiger partial charge in [-0.15, -0.1) is 0 Å². The number of hydrogen-bond donors (Lipinski definition) is 1. The van der Waals surface area contributed by atoms with Crippen LogP contribution < -0.4 is 20.0 Å². The number of anilines is 5. The summed E-state index contributed by atoms with van der Waals surface area (Å²) < 4.78 is 77.5. The topological polar surface area (TPSA) is 136 Å². The fourth-order valence-corrected chi connectivity index (χ4v) is 12.3. The first-order valence-electron chi connectivity index (χ1n) is 26.9. The molecule has 0 saturated carbocycles. The molecule has 6 aromatic heterocycles. The lowest BCUT2D eigenvalue weighted by Crippen LogP contribution is -2.38. The molecule has 0 bridgehead atoms. The molecule has 0 unspecified atom stereocenters. The summed E-state index contributed by atoms with van der Waals surface area (Å²) in [5, 5.41) is 5.66. The smallest absolute Gasteiger partial charge is 0.161 e. The number of aromatic nitrogens is 6. The van der Waals surface area contributed by atoms with Gasteiger partial charge in [-0.3, -0.25) is 9.97 Å². The first kappa shape index (κ1) is 52.6. The maximum absolute atomic E-state index is 14.3. The molecule has 2 spiro atoms. The molecule has 19 heteroatoms. The van der Waals surface area contributed by atoms with Gasteiger partial charge in [-0.1, -0.05) is 11.6 Å². The highest BCUT2D eigenvalue weighted by molar-refractivity contribution is 6.36. The second kappa shape index (κ2) is 22.2. The van der Waals surface area contributed by atoms with Crippen molar-refractivity contribution in [2.24, 2.45) is 0 Å². The van der Waals surface area contributed by atoms with E-state index in [1.165, 1.54) is 41.3 Å². The number of hydrogen-bond acceptors (Lipinski definition) is 14. The minimum absolute atomic E-state index is 0.146. The first-order chi connectivity index (χ1) is 38.5. The molecule has 4 fully saturated rings. The maximum atomic E-state index is 14.3. The van der Waals surface area contributed by atoms with Crippen LogP contribution in [-0.4, -0.2) is 122 Å². The van der Waals surface area contributed by atoms with Crippen molar-refractivity contribution in [1.82, 2.24) is 29.9 Å². The monoisotopic (exact) mass is 1090 g/mol. The summed E-state index contributed by atoms with van der Waals surface area (Å²) in [6.45, 7) is 15.1. The molecule has 14 rings (SSSR count). The van der Waals surface area contributed by atoms with Crippen LogP contribution in [0, 0.1) is 37.1 Å². The van der Waals surface area contributed by atoms with Crippen molar-refractivity contribution in [2.75, 3.05) is 112 Å². The van der Waals surface area contributed by atoms with Crippen LogP contribution in [0.5, 0.6) is 0 Å². The molecule has 6 aliphatic heterocycles. The van der Waals surface area contributed by atoms with Crippen LogP contribution in [0.3, 0.4) is 0 Å². The summed E-state index contributed by atoms with van der Waals surface area (Å²) in [4.78, 5) is 34.7. The zero-order chi connectivity index (χ0) is 54.3. The van der Waals surface area contributed by atoms with Gasteiger partial charge in [0.1, 0.15) is 23.3 Å². The molecule has 14 nitrogen and oxygen atoms in total. The van der Waals surface area contributed by atoms with Gasteiger partial charge in [-0.05, 0) is 111 Å². The lowest BCUT2D eigenvalue weighted by Gasteiger charge is -2.34. The number of benzene rings is 2. The second-order valence-corrected chi connectivity index (χ2v) is 21.4. The van der Waals surface area contributed by atoms with E-state index in [1.807, 2.05) is 31.5 Å². The van der Waals surface area contributed by atoms with Crippen LogP contribution in [0.4, 0.5) is 46.0 Å². The average molecular weight is 1100 g/mol. The summed E-state index contributed by atoms with van der Waals surface area (Å²) in [7, 11) is 0. The van der Waals surface area contributed by atoms with Crippen LogP contribution in [-0.2, 0) is 29.8 Å². The number of halogens is 5. The van der Waals surface area contributed by atoms with Crippen molar-refractivity contribution in [3.63, 3.8) is 0 Å². The zero-order valence-electron chi connectivity index (χ0n) is 44.0. The summed E-state index contributed by atoms with van der Waals surface area (Å²) in [5.74, 6) is -2.58. The summed E-state index contributed by atoms with van der Waals surface area (Å²) in [5.41, 5.74) is 12.0. The molecule has 0 atom stereocenters. The lowest BCUT2D eigenvalue weighted by atomic mass is 9.78. The number of fused-ring (bicyclic) bond motifs is 6. The number of nitrogens with one attached hydrogen (secondary N) is 1. The van der Waals surface area contributed by atoms with E-state index in [0.717, 1.165) is 137 Å². The fourth-order valence-electron chi connectivity index (χ4n) is 12.0. The lowest BCUT2D eigenvalue weighted by molar-refractivity contribution is 0.0545. The third-order valence-electron chi connectivity index (χ3n) is 16.2. The van der Waals surface area contributed by atoms with Gasteiger partial charge in [0.25, 0.3) is 0 Å². The van der Waals surface area contributed by atoms with E-state index < -0.39 is 23.3 Å². The molecule has 0 radical (unpaired) electrons. The van der Waals surface area contributed by atoms with E-state index in [2.05, 4.69) is 47.1 Å². The number of nitrogens with zero attached hydrogens (tertiary/aromatic N) is 9. The van der Waals surface area contributed by atoms with Crippen molar-refractivity contribution in [1.29, 1.82) is 0 Å². The molecule has 2 aromatic carbocycles. The molecule has 12 heterocycles. The normalized spacial score (nSPS) is 18.2. The molecule has 0 aliphatic carbocycles. The van der Waals surface area contributed by atoms with E-state index >= 15 is 0 Å². The molecular weight excluding hydrogens is 1040 g/mol. The largest absolute Gasteiger partial charge is 0.383 e.